The predicted molar refractivity (Wildman–Crippen MR) is 148 cm³/mol. The highest BCUT2D eigenvalue weighted by Crippen LogP contribution is 2.34. The van der Waals surface area contributed by atoms with E-state index >= 15 is 0 Å². The molecule has 1 fully saturated rings. The number of thiophene rings is 1. The Morgan fingerprint density at radius 1 is 1.12 bits per heavy atom. The minimum Gasteiger partial charge on any atom is -0.495 e. The molecule has 0 unspecified atom stereocenters. The standard InChI is InChI=1S/C26H25F2N5O5S2/c1-16-24(40(36,37)33-11-9-31(10-12-33)20-5-3-4-6-21(20)38-2)23-25(39-16)29-15-32(26(23)35)14-22(34)30-19-8-7-17(27)13-18(19)28/h3-8,13,15H,9-12,14H2,1-2H3,(H,30,34). The maximum absolute atomic E-state index is 13.9. The van der Waals surface area contributed by atoms with E-state index in [2.05, 4.69) is 10.3 Å². The molecule has 5 rings (SSSR count). The van der Waals surface area contributed by atoms with Gasteiger partial charge in [-0.15, -0.1) is 11.3 Å². The van der Waals surface area contributed by atoms with E-state index in [0.717, 1.165) is 40.1 Å². The molecule has 1 aliphatic heterocycles. The van der Waals surface area contributed by atoms with Gasteiger partial charge < -0.3 is 15.0 Å². The van der Waals surface area contributed by atoms with Gasteiger partial charge in [0.15, 0.2) is 0 Å². The van der Waals surface area contributed by atoms with Gasteiger partial charge in [0.2, 0.25) is 15.9 Å². The molecule has 0 bridgehead atoms. The predicted octanol–water partition coefficient (Wildman–Crippen LogP) is 3.20. The monoisotopic (exact) mass is 589 g/mol. The number of para-hydroxylation sites is 2. The van der Waals surface area contributed by atoms with Crippen molar-refractivity contribution in [2.24, 2.45) is 0 Å². The third-order valence-corrected chi connectivity index (χ3v) is 9.79. The number of benzene rings is 2. The number of ether oxygens (including phenoxy) is 1. The molecule has 1 amide bonds. The number of methoxy groups -OCH3 is 1. The van der Waals surface area contributed by atoms with Crippen molar-refractivity contribution >= 4 is 48.9 Å². The van der Waals surface area contributed by atoms with Crippen molar-refractivity contribution in [2.45, 2.75) is 18.4 Å². The van der Waals surface area contributed by atoms with Gasteiger partial charge in [0.05, 0.1) is 30.2 Å². The number of piperazine rings is 1. The molecular formula is C26H25F2N5O5S2. The van der Waals surface area contributed by atoms with Crippen molar-refractivity contribution in [2.75, 3.05) is 43.5 Å². The number of nitrogens with zero attached hydrogens (tertiary/aromatic N) is 4. The zero-order chi connectivity index (χ0) is 28.6. The van der Waals surface area contributed by atoms with Gasteiger partial charge in [-0.1, -0.05) is 12.1 Å². The Labute approximate surface area is 232 Å². The van der Waals surface area contributed by atoms with E-state index in [-0.39, 0.29) is 33.9 Å². The number of amides is 1. The molecule has 1 N–H and O–H groups in total. The van der Waals surface area contributed by atoms with Gasteiger partial charge >= 0.3 is 0 Å². The van der Waals surface area contributed by atoms with Crippen LogP contribution in [0.5, 0.6) is 5.75 Å². The Hall–Kier alpha value is -3.88. The summed E-state index contributed by atoms with van der Waals surface area (Å²) in [6, 6.07) is 10.2. The first-order chi connectivity index (χ1) is 19.1. The van der Waals surface area contributed by atoms with E-state index < -0.39 is 39.7 Å². The number of hydrogen-bond donors (Lipinski definition) is 1. The summed E-state index contributed by atoms with van der Waals surface area (Å²) >= 11 is 1.08. The summed E-state index contributed by atoms with van der Waals surface area (Å²) in [7, 11) is -2.50. The summed E-state index contributed by atoms with van der Waals surface area (Å²) in [5.41, 5.74) is -0.101. The van der Waals surface area contributed by atoms with Gasteiger partial charge in [-0.3, -0.25) is 14.2 Å². The van der Waals surface area contributed by atoms with Crippen LogP contribution in [0.25, 0.3) is 10.2 Å². The molecule has 0 radical (unpaired) electrons. The molecule has 210 valence electrons. The summed E-state index contributed by atoms with van der Waals surface area (Å²) in [5.74, 6) is -1.85. The number of aromatic nitrogens is 2. The van der Waals surface area contributed by atoms with E-state index in [0.29, 0.717) is 29.8 Å². The van der Waals surface area contributed by atoms with Gasteiger partial charge in [-0.25, -0.2) is 22.2 Å². The highest BCUT2D eigenvalue weighted by atomic mass is 32.2. The summed E-state index contributed by atoms with van der Waals surface area (Å²) in [6.07, 6.45) is 1.14. The summed E-state index contributed by atoms with van der Waals surface area (Å²) < 4.78 is 62.5. The van der Waals surface area contributed by atoms with Crippen LogP contribution >= 0.6 is 11.3 Å². The lowest BCUT2D eigenvalue weighted by Crippen LogP contribution is -2.49. The Bertz CT molecular complexity index is 1770. The van der Waals surface area contributed by atoms with Gasteiger partial charge in [-0.05, 0) is 31.2 Å². The van der Waals surface area contributed by atoms with Crippen molar-refractivity contribution in [3.8, 4) is 5.75 Å². The van der Waals surface area contributed by atoms with Crippen molar-refractivity contribution in [1.29, 1.82) is 0 Å². The van der Waals surface area contributed by atoms with Gasteiger partial charge in [0.1, 0.15) is 33.7 Å². The minimum absolute atomic E-state index is 0.0991. The van der Waals surface area contributed by atoms with Crippen LogP contribution < -0.4 is 20.5 Å². The molecule has 0 aliphatic carbocycles. The van der Waals surface area contributed by atoms with Crippen LogP contribution in [0.4, 0.5) is 20.2 Å². The highest BCUT2D eigenvalue weighted by molar-refractivity contribution is 7.89. The minimum atomic E-state index is -4.08. The first-order valence-electron chi connectivity index (χ1n) is 12.2. The molecule has 40 heavy (non-hydrogen) atoms. The lowest BCUT2D eigenvalue weighted by atomic mass is 10.2. The molecule has 4 aromatic rings. The normalized spacial score (nSPS) is 14.4. The third kappa shape index (κ3) is 5.17. The van der Waals surface area contributed by atoms with Crippen LogP contribution in [0.2, 0.25) is 0 Å². The van der Waals surface area contributed by atoms with Crippen LogP contribution in [0.15, 0.2) is 58.5 Å². The second-order valence-corrected chi connectivity index (χ2v) is 12.2. The molecule has 10 nitrogen and oxygen atoms in total. The maximum Gasteiger partial charge on any atom is 0.263 e. The van der Waals surface area contributed by atoms with Crippen molar-refractivity contribution in [1.82, 2.24) is 13.9 Å². The molecule has 0 spiro atoms. The van der Waals surface area contributed by atoms with Crippen LogP contribution in [-0.2, 0) is 21.4 Å². The first-order valence-corrected chi connectivity index (χ1v) is 14.5. The Morgan fingerprint density at radius 3 is 2.55 bits per heavy atom. The number of hydrogen-bond acceptors (Lipinski definition) is 8. The summed E-state index contributed by atoms with van der Waals surface area (Å²) in [5, 5.41) is 2.18. The maximum atomic E-state index is 13.9. The van der Waals surface area contributed by atoms with Gasteiger partial charge in [0.25, 0.3) is 5.56 Å². The average molecular weight is 590 g/mol. The summed E-state index contributed by atoms with van der Waals surface area (Å²) in [4.78, 5) is 32.7. The molecule has 2 aromatic heterocycles. The molecular weight excluding hydrogens is 564 g/mol. The lowest BCUT2D eigenvalue weighted by molar-refractivity contribution is -0.116. The van der Waals surface area contributed by atoms with E-state index in [1.165, 1.54) is 4.31 Å². The average Bonchev–Trinajstić information content (AvgIpc) is 3.29. The largest absolute Gasteiger partial charge is 0.495 e. The van der Waals surface area contributed by atoms with Crippen LogP contribution in [0.1, 0.15) is 4.88 Å². The third-order valence-electron chi connectivity index (χ3n) is 6.58. The molecule has 0 atom stereocenters. The number of anilines is 2. The van der Waals surface area contributed by atoms with Crippen molar-refractivity contribution in [3.63, 3.8) is 0 Å². The fourth-order valence-electron chi connectivity index (χ4n) is 4.66. The molecule has 3 heterocycles. The Morgan fingerprint density at radius 2 is 1.85 bits per heavy atom. The van der Waals surface area contributed by atoms with E-state index in [4.69, 9.17) is 4.74 Å². The Kier molecular flexibility index (Phi) is 7.57. The zero-order valence-electron chi connectivity index (χ0n) is 21.6. The first kappa shape index (κ1) is 27.7. The fourth-order valence-corrected chi connectivity index (χ4v) is 7.75. The van der Waals surface area contributed by atoms with E-state index in [1.807, 2.05) is 29.2 Å². The number of rotatable bonds is 7. The summed E-state index contributed by atoms with van der Waals surface area (Å²) in [6.45, 7) is 2.28. The van der Waals surface area contributed by atoms with Gasteiger partial charge in [-0.2, -0.15) is 4.31 Å². The molecule has 0 saturated carbocycles. The van der Waals surface area contributed by atoms with Crippen molar-refractivity contribution in [3.05, 3.63) is 75.7 Å². The number of carbonyl (C=O) groups is 1. The topological polar surface area (TPSA) is 114 Å². The molecule has 2 aromatic carbocycles. The number of halogens is 2. The number of fused-ring (bicyclic) bond motifs is 1. The van der Waals surface area contributed by atoms with Crippen LogP contribution in [0.3, 0.4) is 0 Å². The second kappa shape index (κ2) is 10.9. The lowest BCUT2D eigenvalue weighted by Gasteiger charge is -2.35. The smallest absolute Gasteiger partial charge is 0.263 e. The van der Waals surface area contributed by atoms with Crippen LogP contribution in [0, 0.1) is 18.6 Å². The van der Waals surface area contributed by atoms with E-state index in [1.54, 1.807) is 14.0 Å². The molecule has 1 aliphatic rings. The highest BCUT2D eigenvalue weighted by Gasteiger charge is 2.34. The van der Waals surface area contributed by atoms with Crippen molar-refractivity contribution < 1.29 is 26.7 Å². The number of carbonyl (C=O) groups excluding carboxylic acids is 1. The fraction of sp³-hybridized carbons (Fsp3) is 0.269. The van der Waals surface area contributed by atoms with E-state index in [9.17, 15) is 26.8 Å². The second-order valence-electron chi connectivity index (χ2n) is 9.08. The molecule has 14 heteroatoms. The quantitative estimate of drug-likeness (QED) is 0.352. The molecule has 1 saturated heterocycles. The number of aryl methyl sites for hydroxylation is 1. The number of sulfonamides is 1. The van der Waals surface area contributed by atoms with Gasteiger partial charge in [0, 0.05) is 37.1 Å². The zero-order valence-corrected chi connectivity index (χ0v) is 23.2. The number of nitrogens with one attached hydrogen (secondary N) is 1. The Balaban J connectivity index is 1.40. The SMILES string of the molecule is COc1ccccc1N1CCN(S(=O)(=O)c2c(C)sc3ncn(CC(=O)Nc4ccc(F)cc4F)c(=O)c23)CC1. The van der Waals surface area contributed by atoms with Crippen LogP contribution in [-0.4, -0.2) is 61.5 Å².